The molecule has 1 aliphatic heterocycles. The van der Waals surface area contributed by atoms with Crippen molar-refractivity contribution in [3.05, 3.63) is 36.7 Å². The number of esters is 1. The average Bonchev–Trinajstić information content (AvgIpc) is 3.13. The van der Waals surface area contributed by atoms with Crippen molar-refractivity contribution in [1.29, 1.82) is 0 Å². The largest absolute Gasteiger partial charge is 0.462 e. The molecule has 1 saturated carbocycles. The van der Waals surface area contributed by atoms with E-state index >= 15 is 4.39 Å². The smallest absolute Gasteiger partial charge is 0.459 e. The number of aliphatic hydroxyl groups is 1. The molecule has 1 unspecified atom stereocenters. The van der Waals surface area contributed by atoms with E-state index in [1.165, 1.54) is 30.0 Å². The Balaban J connectivity index is 1.37. The monoisotopic (exact) mass is 579 g/mol. The number of halogens is 1. The molecule has 4 N–H and O–H groups in total. The number of carbonyl (C=O) groups is 1. The molecule has 7 atom stereocenters. The van der Waals surface area contributed by atoms with Crippen molar-refractivity contribution in [2.75, 3.05) is 24.7 Å². The number of aromatic nitrogens is 4. The average molecular weight is 580 g/mol. The molecule has 3 aromatic rings. The van der Waals surface area contributed by atoms with E-state index in [2.05, 4.69) is 20.0 Å². The van der Waals surface area contributed by atoms with Gasteiger partial charge < -0.3 is 29.7 Å². The molecule has 1 aromatic carbocycles. The summed E-state index contributed by atoms with van der Waals surface area (Å²) >= 11 is 0. The molecule has 0 amide bonds. The zero-order valence-corrected chi connectivity index (χ0v) is 23.4. The Morgan fingerprint density at radius 1 is 1.27 bits per heavy atom. The standard InChI is InChI=1S/C24H31FN7O7P/c1-12(2)36-22(33)13(3)30-40(35,38-14-9-7-6-8-10-14)39-18-17-24(18,34)16(25)21(37-17)32-11-27-15-19(31(4)5)28-23(26)29-20(15)32/h6-13,16-18,21,34H,1-5H3,(H,30,35)(H2,26,28,29)/t13-,16-,17-,18?,21-,24+,40+/m1/s1. The molecule has 1 saturated heterocycles. The lowest BCUT2D eigenvalue weighted by atomic mass is 10.2. The minimum absolute atomic E-state index is 0.0494. The van der Waals surface area contributed by atoms with E-state index in [4.69, 9.17) is 24.3 Å². The summed E-state index contributed by atoms with van der Waals surface area (Å²) in [7, 11) is -0.879. The van der Waals surface area contributed by atoms with Gasteiger partial charge >= 0.3 is 13.7 Å². The van der Waals surface area contributed by atoms with E-state index < -0.39 is 56.1 Å². The summed E-state index contributed by atoms with van der Waals surface area (Å²) in [6.45, 7) is 4.76. The van der Waals surface area contributed by atoms with Gasteiger partial charge in [-0.1, -0.05) is 18.2 Å². The van der Waals surface area contributed by atoms with Crippen LogP contribution in [0.25, 0.3) is 11.2 Å². The number of benzene rings is 1. The van der Waals surface area contributed by atoms with Crippen molar-refractivity contribution < 1.29 is 37.4 Å². The molecular weight excluding hydrogens is 548 g/mol. The van der Waals surface area contributed by atoms with Crippen LogP contribution in [-0.4, -0.2) is 80.8 Å². The van der Waals surface area contributed by atoms with Gasteiger partial charge in [0.1, 0.15) is 24.0 Å². The van der Waals surface area contributed by atoms with Crippen LogP contribution in [0, 0.1) is 0 Å². The van der Waals surface area contributed by atoms with Gasteiger partial charge in [0.15, 0.2) is 35.0 Å². The predicted molar refractivity (Wildman–Crippen MR) is 141 cm³/mol. The van der Waals surface area contributed by atoms with Crippen LogP contribution in [0.15, 0.2) is 36.7 Å². The molecule has 3 heterocycles. The van der Waals surface area contributed by atoms with E-state index in [1.54, 1.807) is 51.0 Å². The third-order valence-electron chi connectivity index (χ3n) is 6.45. The summed E-state index contributed by atoms with van der Waals surface area (Å²) in [5.74, 6) is -0.160. The molecule has 40 heavy (non-hydrogen) atoms. The maximum absolute atomic E-state index is 15.8. The first-order valence-corrected chi connectivity index (χ1v) is 14.1. The van der Waals surface area contributed by atoms with E-state index in [0.717, 1.165) is 0 Å². The second-order valence-corrected chi connectivity index (χ2v) is 11.8. The zero-order valence-electron chi connectivity index (χ0n) is 22.5. The quantitative estimate of drug-likeness (QED) is 0.235. The lowest BCUT2D eigenvalue weighted by Gasteiger charge is -2.26. The Morgan fingerprint density at radius 3 is 2.58 bits per heavy atom. The second kappa shape index (κ2) is 10.2. The summed E-state index contributed by atoms with van der Waals surface area (Å²) < 4.78 is 53.2. The van der Waals surface area contributed by atoms with Gasteiger partial charge in [-0.05, 0) is 32.9 Å². The molecule has 0 bridgehead atoms. The number of alkyl halides is 1. The number of ether oxygens (including phenoxy) is 2. The molecule has 0 radical (unpaired) electrons. The molecule has 2 fully saturated rings. The first kappa shape index (κ1) is 28.2. The van der Waals surface area contributed by atoms with Gasteiger partial charge in [-0.25, -0.2) is 13.9 Å². The van der Waals surface area contributed by atoms with E-state index in [0.29, 0.717) is 11.3 Å². The number of hydrogen-bond donors (Lipinski definition) is 3. The first-order chi connectivity index (χ1) is 18.8. The van der Waals surface area contributed by atoms with Crippen molar-refractivity contribution in [3.8, 4) is 5.75 Å². The number of fused-ring (bicyclic) bond motifs is 2. The number of para-hydroxylation sites is 1. The molecule has 2 aromatic heterocycles. The Kier molecular flexibility index (Phi) is 7.21. The number of imidazole rings is 1. The third-order valence-corrected chi connectivity index (χ3v) is 8.11. The highest BCUT2D eigenvalue weighted by molar-refractivity contribution is 7.52. The van der Waals surface area contributed by atoms with Crippen LogP contribution < -0.4 is 20.2 Å². The van der Waals surface area contributed by atoms with E-state index in [1.807, 2.05) is 0 Å². The van der Waals surface area contributed by atoms with Crippen LogP contribution in [0.2, 0.25) is 0 Å². The lowest BCUT2D eigenvalue weighted by Crippen LogP contribution is -2.38. The highest BCUT2D eigenvalue weighted by atomic mass is 31.2. The highest BCUT2D eigenvalue weighted by Crippen LogP contribution is 2.62. The van der Waals surface area contributed by atoms with Gasteiger partial charge in [-0.3, -0.25) is 13.9 Å². The number of carbonyl (C=O) groups excluding carboxylic acids is 1. The molecule has 5 rings (SSSR count). The first-order valence-electron chi connectivity index (χ1n) is 12.5. The molecular formula is C24H31FN7O7P. The van der Waals surface area contributed by atoms with Gasteiger partial charge in [0, 0.05) is 14.1 Å². The molecule has 14 nitrogen and oxygen atoms in total. The summed E-state index contributed by atoms with van der Waals surface area (Å²) in [5, 5.41) is 13.7. The normalized spacial score (nSPS) is 27.7. The SMILES string of the molecule is CC(C)OC(=O)[C@@H](C)N[P@](=O)(Oc1ccccc1)OC1[C@H]2O[C@@H](n3cnc4c(N(C)C)nc(N)nc43)[C@@H](F)[C@@]12O. The van der Waals surface area contributed by atoms with Crippen molar-refractivity contribution >= 4 is 36.6 Å². The minimum Gasteiger partial charge on any atom is -0.462 e. The number of nitrogens with two attached hydrogens (primary N) is 1. The Hall–Kier alpha value is -3.36. The lowest BCUT2D eigenvalue weighted by molar-refractivity contribution is -0.149. The molecule has 0 spiro atoms. The topological polar surface area (TPSA) is 176 Å². The third kappa shape index (κ3) is 4.99. The van der Waals surface area contributed by atoms with Gasteiger partial charge in [0.25, 0.3) is 0 Å². The van der Waals surface area contributed by atoms with Crippen molar-refractivity contribution in [1.82, 2.24) is 24.6 Å². The van der Waals surface area contributed by atoms with Gasteiger partial charge in [-0.15, -0.1) is 0 Å². The highest BCUT2D eigenvalue weighted by Gasteiger charge is 2.80. The van der Waals surface area contributed by atoms with Gasteiger partial charge in [0.05, 0.1) is 12.4 Å². The molecule has 2 aliphatic rings. The fraction of sp³-hybridized carbons (Fsp3) is 0.500. The summed E-state index contributed by atoms with van der Waals surface area (Å²) in [5.41, 5.74) is 4.26. The van der Waals surface area contributed by atoms with Crippen LogP contribution in [0.5, 0.6) is 5.75 Å². The van der Waals surface area contributed by atoms with E-state index in [-0.39, 0.29) is 17.3 Å². The number of nitrogens with zero attached hydrogens (tertiary/aromatic N) is 5. The van der Waals surface area contributed by atoms with E-state index in [9.17, 15) is 14.5 Å². The van der Waals surface area contributed by atoms with Gasteiger partial charge in [-0.2, -0.15) is 15.1 Å². The van der Waals surface area contributed by atoms with Crippen LogP contribution in [0.1, 0.15) is 27.0 Å². The summed E-state index contributed by atoms with van der Waals surface area (Å²) in [4.78, 5) is 26.7. The Labute approximate surface area is 229 Å². The summed E-state index contributed by atoms with van der Waals surface area (Å²) in [6, 6.07) is 6.96. The molecule has 1 aliphatic carbocycles. The number of nitrogens with one attached hydrogen (secondary N) is 1. The van der Waals surface area contributed by atoms with Crippen molar-refractivity contribution in [3.63, 3.8) is 0 Å². The molecule has 16 heteroatoms. The van der Waals surface area contributed by atoms with Crippen LogP contribution in [0.4, 0.5) is 16.2 Å². The maximum Gasteiger partial charge on any atom is 0.459 e. The number of anilines is 2. The number of rotatable bonds is 10. The van der Waals surface area contributed by atoms with Crippen LogP contribution in [-0.2, 0) is 23.4 Å². The Morgan fingerprint density at radius 2 is 1.98 bits per heavy atom. The summed E-state index contributed by atoms with van der Waals surface area (Å²) in [6.07, 6.45) is -5.04. The molecule has 216 valence electrons. The van der Waals surface area contributed by atoms with Gasteiger partial charge in [0.2, 0.25) is 5.95 Å². The minimum atomic E-state index is -4.37. The zero-order chi connectivity index (χ0) is 29.0. The fourth-order valence-electron chi connectivity index (χ4n) is 4.51. The maximum atomic E-state index is 15.8. The van der Waals surface area contributed by atoms with Crippen molar-refractivity contribution in [2.24, 2.45) is 0 Å². The number of nitrogen functional groups attached to an aromatic ring is 1. The number of hydrogen-bond acceptors (Lipinski definition) is 12. The Bertz CT molecular complexity index is 1460. The van der Waals surface area contributed by atoms with Crippen molar-refractivity contribution in [2.45, 2.75) is 63.1 Å². The predicted octanol–water partition coefficient (Wildman–Crippen LogP) is 1.96. The van der Waals surface area contributed by atoms with Crippen LogP contribution in [0.3, 0.4) is 0 Å². The second-order valence-electron chi connectivity index (χ2n) is 10.1. The fourth-order valence-corrected chi connectivity index (χ4v) is 6.22. The van der Waals surface area contributed by atoms with Crippen LogP contribution >= 0.6 is 7.75 Å².